The van der Waals surface area contributed by atoms with Gasteiger partial charge in [0.25, 0.3) is 5.54 Å². The molecule has 2 aliphatic rings. The Balaban J connectivity index is 1.66. The Labute approximate surface area is 129 Å². The van der Waals surface area contributed by atoms with Crippen LogP contribution in [0.3, 0.4) is 0 Å². The molecule has 1 unspecified atom stereocenters. The first kappa shape index (κ1) is 14.6. The number of nitrogens with one attached hydrogen (secondary N) is 1. The lowest BCUT2D eigenvalue weighted by Gasteiger charge is -2.36. The van der Waals surface area contributed by atoms with Crippen LogP contribution in [0.15, 0.2) is 30.3 Å². The second-order valence-corrected chi connectivity index (χ2v) is 6.39. The van der Waals surface area contributed by atoms with Gasteiger partial charge in [-0.1, -0.05) is 30.3 Å². The summed E-state index contributed by atoms with van der Waals surface area (Å²) in [5.41, 5.74) is 0.907. The molecule has 2 fully saturated rings. The molecule has 3 rings (SSSR count). The van der Waals surface area contributed by atoms with Crippen LogP contribution < -0.4 is 5.23 Å². The number of likely N-dealkylation sites (tertiary alicyclic amines) is 1. The zero-order chi connectivity index (χ0) is 14.7. The third-order valence-corrected chi connectivity index (χ3v) is 5.28. The molecule has 108 valence electrons. The third kappa shape index (κ3) is 2.86. The normalized spacial score (nSPS) is 33.7. The van der Waals surface area contributed by atoms with Gasteiger partial charge in [0, 0.05) is 37.0 Å². The fourth-order valence-corrected chi connectivity index (χ4v) is 3.91. The molecule has 0 spiro atoms. The Morgan fingerprint density at radius 2 is 1.90 bits per heavy atom. The largest absolute Gasteiger partial charge is 0.363 e. The van der Waals surface area contributed by atoms with Gasteiger partial charge in [-0.25, -0.2) is 6.57 Å². The molecule has 1 N–H and O–H groups in total. The maximum Gasteiger partial charge on any atom is 0.257 e. The SMILES string of the molecule is [B]NC1CCN(C2CCC([N+]#[C-])(c3ccccc3)CC2)C1. The van der Waals surface area contributed by atoms with Crippen molar-refractivity contribution >= 4 is 7.98 Å². The Morgan fingerprint density at radius 1 is 1.19 bits per heavy atom. The van der Waals surface area contributed by atoms with E-state index >= 15 is 0 Å². The Bertz CT molecular complexity index is 503. The van der Waals surface area contributed by atoms with Crippen molar-refractivity contribution in [3.63, 3.8) is 0 Å². The van der Waals surface area contributed by atoms with Crippen molar-refractivity contribution < 1.29 is 0 Å². The maximum atomic E-state index is 7.70. The zero-order valence-corrected chi connectivity index (χ0v) is 12.5. The van der Waals surface area contributed by atoms with E-state index < -0.39 is 0 Å². The summed E-state index contributed by atoms with van der Waals surface area (Å²) >= 11 is 0. The van der Waals surface area contributed by atoms with Gasteiger partial charge in [0.15, 0.2) is 7.98 Å². The number of hydrogen-bond acceptors (Lipinski definition) is 2. The van der Waals surface area contributed by atoms with Crippen LogP contribution >= 0.6 is 0 Å². The van der Waals surface area contributed by atoms with Gasteiger partial charge in [-0.05, 0) is 25.8 Å². The molecule has 1 aliphatic heterocycles. The van der Waals surface area contributed by atoms with Crippen molar-refractivity contribution in [1.82, 2.24) is 10.1 Å². The van der Waals surface area contributed by atoms with Crippen LogP contribution in [0.4, 0.5) is 0 Å². The van der Waals surface area contributed by atoms with Crippen molar-refractivity contribution in [3.8, 4) is 0 Å². The monoisotopic (exact) mass is 279 g/mol. The number of nitrogens with zero attached hydrogens (tertiary/aromatic N) is 2. The van der Waals surface area contributed by atoms with E-state index in [2.05, 4.69) is 27.1 Å². The fourth-order valence-electron chi connectivity index (χ4n) is 3.91. The Kier molecular flexibility index (Phi) is 4.33. The first-order chi connectivity index (χ1) is 10.3. The van der Waals surface area contributed by atoms with Gasteiger partial charge in [-0.15, -0.1) is 0 Å². The smallest absolute Gasteiger partial charge is 0.257 e. The van der Waals surface area contributed by atoms with Crippen LogP contribution in [0.1, 0.15) is 37.7 Å². The van der Waals surface area contributed by atoms with Crippen molar-refractivity contribution in [3.05, 3.63) is 47.3 Å². The molecule has 1 saturated heterocycles. The molecule has 4 heteroatoms. The van der Waals surface area contributed by atoms with Crippen LogP contribution in [0.2, 0.25) is 0 Å². The molecule has 1 aliphatic carbocycles. The second-order valence-electron chi connectivity index (χ2n) is 6.39. The van der Waals surface area contributed by atoms with E-state index in [0.29, 0.717) is 12.1 Å². The van der Waals surface area contributed by atoms with Gasteiger partial charge in [-0.2, -0.15) is 0 Å². The van der Waals surface area contributed by atoms with Gasteiger partial charge in [0.1, 0.15) is 0 Å². The van der Waals surface area contributed by atoms with Crippen LogP contribution in [0.25, 0.3) is 4.85 Å². The van der Waals surface area contributed by atoms with E-state index in [1.165, 1.54) is 5.56 Å². The minimum absolute atomic E-state index is 0.289. The highest BCUT2D eigenvalue weighted by Crippen LogP contribution is 2.42. The number of rotatable bonds is 3. The summed E-state index contributed by atoms with van der Waals surface area (Å²) < 4.78 is 0. The van der Waals surface area contributed by atoms with E-state index in [1.54, 1.807) is 0 Å². The van der Waals surface area contributed by atoms with E-state index in [0.717, 1.165) is 45.2 Å². The zero-order valence-electron chi connectivity index (χ0n) is 12.5. The average Bonchev–Trinajstić information content (AvgIpc) is 3.05. The average molecular weight is 279 g/mol. The minimum atomic E-state index is -0.289. The molecule has 0 bridgehead atoms. The second kappa shape index (κ2) is 6.21. The molecule has 0 aromatic heterocycles. The molecule has 21 heavy (non-hydrogen) atoms. The molecule has 1 heterocycles. The van der Waals surface area contributed by atoms with Crippen molar-refractivity contribution in [2.45, 2.75) is 49.7 Å². The van der Waals surface area contributed by atoms with E-state index in [-0.39, 0.29) is 5.54 Å². The highest BCUT2D eigenvalue weighted by molar-refractivity contribution is 6.04. The summed E-state index contributed by atoms with van der Waals surface area (Å²) in [5, 5.41) is 2.90. The number of hydrogen-bond donors (Lipinski definition) is 1. The molecule has 2 radical (unpaired) electrons. The lowest BCUT2D eigenvalue weighted by atomic mass is 9.75. The highest BCUT2D eigenvalue weighted by Gasteiger charge is 2.44. The van der Waals surface area contributed by atoms with Crippen LogP contribution in [0, 0.1) is 6.57 Å². The van der Waals surface area contributed by atoms with E-state index in [4.69, 9.17) is 14.6 Å². The van der Waals surface area contributed by atoms with Crippen molar-refractivity contribution in [2.75, 3.05) is 13.1 Å². The molecule has 1 saturated carbocycles. The fraction of sp³-hybridized carbons (Fsp3) is 0.588. The number of benzene rings is 1. The lowest BCUT2D eigenvalue weighted by Crippen LogP contribution is -2.41. The Hall–Kier alpha value is -1.31. The molecule has 3 nitrogen and oxygen atoms in total. The topological polar surface area (TPSA) is 19.6 Å². The molecule has 1 atom stereocenters. The summed E-state index contributed by atoms with van der Waals surface area (Å²) in [7, 11) is 5.55. The minimum Gasteiger partial charge on any atom is -0.363 e. The summed E-state index contributed by atoms with van der Waals surface area (Å²) in [6.07, 6.45) is 5.33. The van der Waals surface area contributed by atoms with Crippen molar-refractivity contribution in [2.24, 2.45) is 0 Å². The molecule has 0 amide bonds. The van der Waals surface area contributed by atoms with Crippen molar-refractivity contribution in [1.29, 1.82) is 0 Å². The van der Waals surface area contributed by atoms with Gasteiger partial charge in [0.2, 0.25) is 0 Å². The predicted molar refractivity (Wildman–Crippen MR) is 85.8 cm³/mol. The van der Waals surface area contributed by atoms with Gasteiger partial charge in [-0.3, -0.25) is 4.90 Å². The van der Waals surface area contributed by atoms with Gasteiger partial charge < -0.3 is 10.1 Å². The standard InChI is InChI=1S/C17H22BN3/c1-19-17(14-5-3-2-4-6-14)10-7-16(8-11-17)21-12-9-15(13-21)20-18/h2-6,15-16,20H,7-13H2. The van der Waals surface area contributed by atoms with Crippen LogP contribution in [0.5, 0.6) is 0 Å². The first-order valence-electron chi connectivity index (χ1n) is 7.92. The lowest BCUT2D eigenvalue weighted by molar-refractivity contribution is 0.160. The summed E-state index contributed by atoms with van der Waals surface area (Å²) in [6.45, 7) is 9.89. The van der Waals surface area contributed by atoms with Gasteiger partial charge >= 0.3 is 0 Å². The summed E-state index contributed by atoms with van der Waals surface area (Å²) in [6, 6.07) is 11.4. The summed E-state index contributed by atoms with van der Waals surface area (Å²) in [4.78, 5) is 6.60. The summed E-state index contributed by atoms with van der Waals surface area (Å²) in [5.74, 6) is 0. The molecule has 1 aromatic rings. The van der Waals surface area contributed by atoms with E-state index in [9.17, 15) is 0 Å². The van der Waals surface area contributed by atoms with Crippen LogP contribution in [-0.4, -0.2) is 38.1 Å². The predicted octanol–water partition coefficient (Wildman–Crippen LogP) is 2.49. The van der Waals surface area contributed by atoms with Gasteiger partial charge in [0.05, 0.1) is 0 Å². The third-order valence-electron chi connectivity index (χ3n) is 5.28. The Morgan fingerprint density at radius 3 is 2.48 bits per heavy atom. The van der Waals surface area contributed by atoms with Crippen LogP contribution in [-0.2, 0) is 5.54 Å². The maximum absolute atomic E-state index is 7.70. The first-order valence-corrected chi connectivity index (χ1v) is 7.92. The molecular formula is C17H22BN3. The quantitative estimate of drug-likeness (QED) is 0.677. The van der Waals surface area contributed by atoms with E-state index in [1.807, 2.05) is 18.2 Å². The molecule has 1 aromatic carbocycles. The molecular weight excluding hydrogens is 257 g/mol. The highest BCUT2D eigenvalue weighted by atomic mass is 15.2.